The minimum absolute atomic E-state index is 0.0694. The van der Waals surface area contributed by atoms with Gasteiger partial charge in [0, 0.05) is 18.7 Å². The van der Waals surface area contributed by atoms with Crippen LogP contribution < -0.4 is 5.32 Å². The lowest BCUT2D eigenvalue weighted by molar-refractivity contribution is 0.0675. The SMILES string of the molecule is CC(C)(O)CNC1(C)CCOC1. The lowest BCUT2D eigenvalue weighted by Gasteiger charge is -2.28. The molecule has 0 radical (unpaired) electrons. The van der Waals surface area contributed by atoms with Crippen LogP contribution in [0.2, 0.25) is 0 Å². The lowest BCUT2D eigenvalue weighted by atomic mass is 10.00. The van der Waals surface area contributed by atoms with Gasteiger partial charge in [-0.3, -0.25) is 0 Å². The summed E-state index contributed by atoms with van der Waals surface area (Å²) in [6.45, 7) is 7.94. The van der Waals surface area contributed by atoms with Gasteiger partial charge in [-0.05, 0) is 27.2 Å². The average molecular weight is 173 g/mol. The maximum absolute atomic E-state index is 9.49. The van der Waals surface area contributed by atoms with E-state index in [4.69, 9.17) is 4.74 Å². The van der Waals surface area contributed by atoms with Gasteiger partial charge in [0.05, 0.1) is 12.2 Å². The molecule has 1 fully saturated rings. The zero-order chi connectivity index (χ0) is 9.24. The zero-order valence-corrected chi connectivity index (χ0v) is 8.18. The van der Waals surface area contributed by atoms with E-state index in [1.807, 2.05) is 0 Å². The molecular formula is C9H19NO2. The third-order valence-electron chi connectivity index (χ3n) is 2.17. The Morgan fingerprint density at radius 2 is 2.25 bits per heavy atom. The molecule has 1 atom stereocenters. The summed E-state index contributed by atoms with van der Waals surface area (Å²) in [6, 6.07) is 0. The minimum Gasteiger partial charge on any atom is -0.389 e. The molecule has 2 N–H and O–H groups in total. The average Bonchev–Trinajstić information content (AvgIpc) is 2.32. The summed E-state index contributed by atoms with van der Waals surface area (Å²) >= 11 is 0. The normalized spacial score (nSPS) is 31.0. The Labute approximate surface area is 74.1 Å². The molecule has 0 aliphatic carbocycles. The first-order valence-corrected chi connectivity index (χ1v) is 4.47. The molecule has 1 unspecified atom stereocenters. The van der Waals surface area contributed by atoms with E-state index >= 15 is 0 Å². The van der Waals surface area contributed by atoms with Gasteiger partial charge in [0.2, 0.25) is 0 Å². The molecule has 3 heteroatoms. The molecule has 1 aliphatic rings. The molecular weight excluding hydrogens is 154 g/mol. The van der Waals surface area contributed by atoms with Crippen LogP contribution in [-0.4, -0.2) is 36.0 Å². The van der Waals surface area contributed by atoms with Crippen molar-refractivity contribution in [1.29, 1.82) is 0 Å². The van der Waals surface area contributed by atoms with Crippen molar-refractivity contribution in [2.75, 3.05) is 19.8 Å². The number of rotatable bonds is 3. The van der Waals surface area contributed by atoms with Gasteiger partial charge in [0.1, 0.15) is 0 Å². The van der Waals surface area contributed by atoms with Gasteiger partial charge in [0.25, 0.3) is 0 Å². The number of hydrogen-bond donors (Lipinski definition) is 2. The highest BCUT2D eigenvalue weighted by Crippen LogP contribution is 2.17. The van der Waals surface area contributed by atoms with Crippen molar-refractivity contribution in [2.45, 2.75) is 38.3 Å². The first-order chi connectivity index (χ1) is 5.41. The molecule has 1 aliphatic heterocycles. The van der Waals surface area contributed by atoms with Gasteiger partial charge >= 0.3 is 0 Å². The molecule has 72 valence electrons. The van der Waals surface area contributed by atoms with Crippen molar-refractivity contribution in [3.05, 3.63) is 0 Å². The Kier molecular flexibility index (Phi) is 2.76. The fraction of sp³-hybridized carbons (Fsp3) is 1.00. The summed E-state index contributed by atoms with van der Waals surface area (Å²) in [5.74, 6) is 0. The summed E-state index contributed by atoms with van der Waals surface area (Å²) in [5, 5.41) is 12.8. The number of aliphatic hydroxyl groups is 1. The monoisotopic (exact) mass is 173 g/mol. The predicted molar refractivity (Wildman–Crippen MR) is 48.1 cm³/mol. The third-order valence-corrected chi connectivity index (χ3v) is 2.17. The Bertz CT molecular complexity index is 145. The maximum Gasteiger partial charge on any atom is 0.0715 e. The molecule has 0 aromatic carbocycles. The van der Waals surface area contributed by atoms with Crippen LogP contribution in [0.4, 0.5) is 0 Å². The molecule has 0 aromatic rings. The van der Waals surface area contributed by atoms with Crippen LogP contribution in [-0.2, 0) is 4.74 Å². The molecule has 12 heavy (non-hydrogen) atoms. The molecule has 0 bridgehead atoms. The summed E-state index contributed by atoms with van der Waals surface area (Å²) in [4.78, 5) is 0. The highest BCUT2D eigenvalue weighted by atomic mass is 16.5. The van der Waals surface area contributed by atoms with Gasteiger partial charge in [-0.25, -0.2) is 0 Å². The Balaban J connectivity index is 2.30. The minimum atomic E-state index is -0.633. The van der Waals surface area contributed by atoms with E-state index in [1.165, 1.54) is 0 Å². The van der Waals surface area contributed by atoms with Crippen LogP contribution in [0.1, 0.15) is 27.2 Å². The van der Waals surface area contributed by atoms with Gasteiger partial charge in [-0.2, -0.15) is 0 Å². The smallest absolute Gasteiger partial charge is 0.0715 e. The fourth-order valence-corrected chi connectivity index (χ4v) is 1.24. The van der Waals surface area contributed by atoms with Crippen molar-refractivity contribution in [3.8, 4) is 0 Å². The van der Waals surface area contributed by atoms with Crippen LogP contribution in [0.25, 0.3) is 0 Å². The van der Waals surface area contributed by atoms with Gasteiger partial charge < -0.3 is 15.2 Å². The van der Waals surface area contributed by atoms with E-state index < -0.39 is 5.60 Å². The molecule has 1 heterocycles. The van der Waals surface area contributed by atoms with Gasteiger partial charge in [-0.1, -0.05) is 0 Å². The standard InChI is InChI=1S/C9H19NO2/c1-8(2,11)6-10-9(3)4-5-12-7-9/h10-11H,4-7H2,1-3H3. The van der Waals surface area contributed by atoms with E-state index in [9.17, 15) is 5.11 Å². The molecule has 0 spiro atoms. The highest BCUT2D eigenvalue weighted by molar-refractivity contribution is 4.88. The predicted octanol–water partition coefficient (Wildman–Crippen LogP) is 0.526. The molecule has 0 amide bonds. The second kappa shape index (κ2) is 3.32. The van der Waals surface area contributed by atoms with Gasteiger partial charge in [0.15, 0.2) is 0 Å². The van der Waals surface area contributed by atoms with Crippen molar-refractivity contribution in [2.24, 2.45) is 0 Å². The topological polar surface area (TPSA) is 41.5 Å². The summed E-state index contributed by atoms with van der Waals surface area (Å²) in [5.41, 5.74) is -0.564. The number of β-amino-alcohol motifs (C(OH)–C–C–N with tert-alkyl or cyclic N) is 1. The van der Waals surface area contributed by atoms with Crippen molar-refractivity contribution in [1.82, 2.24) is 5.32 Å². The number of ether oxygens (including phenoxy) is 1. The largest absolute Gasteiger partial charge is 0.389 e. The number of nitrogens with one attached hydrogen (secondary N) is 1. The summed E-state index contributed by atoms with van der Waals surface area (Å²) in [6.07, 6.45) is 1.03. The molecule has 1 saturated heterocycles. The Morgan fingerprint density at radius 1 is 1.58 bits per heavy atom. The summed E-state index contributed by atoms with van der Waals surface area (Å²) < 4.78 is 5.28. The molecule has 0 aromatic heterocycles. The zero-order valence-electron chi connectivity index (χ0n) is 8.18. The van der Waals surface area contributed by atoms with E-state index in [1.54, 1.807) is 13.8 Å². The number of hydrogen-bond acceptors (Lipinski definition) is 3. The van der Waals surface area contributed by atoms with E-state index in [2.05, 4.69) is 12.2 Å². The van der Waals surface area contributed by atoms with Crippen molar-refractivity contribution < 1.29 is 9.84 Å². The van der Waals surface area contributed by atoms with Crippen LogP contribution in [0.5, 0.6) is 0 Å². The lowest BCUT2D eigenvalue weighted by Crippen LogP contribution is -2.49. The third kappa shape index (κ3) is 3.09. The Hall–Kier alpha value is -0.120. The van der Waals surface area contributed by atoms with Crippen molar-refractivity contribution >= 4 is 0 Å². The van der Waals surface area contributed by atoms with Crippen LogP contribution >= 0.6 is 0 Å². The second-order valence-corrected chi connectivity index (χ2v) is 4.53. The van der Waals surface area contributed by atoms with Crippen LogP contribution in [0.15, 0.2) is 0 Å². The maximum atomic E-state index is 9.49. The second-order valence-electron chi connectivity index (χ2n) is 4.53. The van der Waals surface area contributed by atoms with E-state index in [0.29, 0.717) is 6.54 Å². The molecule has 1 rings (SSSR count). The first kappa shape index (κ1) is 9.96. The van der Waals surface area contributed by atoms with E-state index in [-0.39, 0.29) is 5.54 Å². The van der Waals surface area contributed by atoms with Crippen LogP contribution in [0, 0.1) is 0 Å². The molecule has 3 nitrogen and oxygen atoms in total. The van der Waals surface area contributed by atoms with Gasteiger partial charge in [-0.15, -0.1) is 0 Å². The quantitative estimate of drug-likeness (QED) is 0.654. The highest BCUT2D eigenvalue weighted by Gasteiger charge is 2.30. The first-order valence-electron chi connectivity index (χ1n) is 4.47. The molecule has 0 saturated carbocycles. The summed E-state index contributed by atoms with van der Waals surface area (Å²) in [7, 11) is 0. The van der Waals surface area contributed by atoms with Crippen molar-refractivity contribution in [3.63, 3.8) is 0 Å². The fourth-order valence-electron chi connectivity index (χ4n) is 1.24. The van der Waals surface area contributed by atoms with Crippen LogP contribution in [0.3, 0.4) is 0 Å². The Morgan fingerprint density at radius 3 is 2.67 bits per heavy atom. The van der Waals surface area contributed by atoms with E-state index in [0.717, 1.165) is 19.6 Å².